The van der Waals surface area contributed by atoms with Crippen LogP contribution in [0.25, 0.3) is 10.1 Å². The number of benzene rings is 1. The summed E-state index contributed by atoms with van der Waals surface area (Å²) in [6.45, 7) is 4.22. The molecule has 1 heterocycles. The average molecular weight is 234 g/mol. The van der Waals surface area contributed by atoms with Gasteiger partial charge in [0, 0.05) is 4.70 Å². The largest absolute Gasteiger partial charge is 0.477 e. The van der Waals surface area contributed by atoms with Gasteiger partial charge in [0.05, 0.1) is 0 Å². The molecule has 2 rings (SSSR count). The van der Waals surface area contributed by atoms with E-state index in [2.05, 4.69) is 13.8 Å². The maximum absolute atomic E-state index is 11.2. The Morgan fingerprint density at radius 1 is 1.38 bits per heavy atom. The van der Waals surface area contributed by atoms with E-state index in [0.717, 1.165) is 22.1 Å². The molecule has 0 atom stereocenters. The summed E-state index contributed by atoms with van der Waals surface area (Å²) >= 11 is 1.37. The van der Waals surface area contributed by atoms with Crippen LogP contribution in [-0.4, -0.2) is 11.1 Å². The molecule has 0 saturated carbocycles. The summed E-state index contributed by atoms with van der Waals surface area (Å²) in [5.74, 6) is -0.340. The van der Waals surface area contributed by atoms with Crippen LogP contribution in [0.3, 0.4) is 0 Å². The SMILES string of the molecule is CC(C)Cc1c(C(=O)O)sc2ccccc12. The first kappa shape index (κ1) is 11.1. The molecule has 0 unspecified atom stereocenters. The van der Waals surface area contributed by atoms with Gasteiger partial charge in [0.1, 0.15) is 4.88 Å². The van der Waals surface area contributed by atoms with E-state index in [1.54, 1.807) is 0 Å². The molecule has 1 aromatic heterocycles. The van der Waals surface area contributed by atoms with E-state index < -0.39 is 5.97 Å². The van der Waals surface area contributed by atoms with Gasteiger partial charge in [-0.3, -0.25) is 0 Å². The number of carboxylic acid groups (broad SMARTS) is 1. The Kier molecular flexibility index (Phi) is 2.97. The van der Waals surface area contributed by atoms with E-state index in [0.29, 0.717) is 10.8 Å². The van der Waals surface area contributed by atoms with Crippen molar-refractivity contribution >= 4 is 27.4 Å². The Morgan fingerprint density at radius 2 is 2.06 bits per heavy atom. The summed E-state index contributed by atoms with van der Waals surface area (Å²) < 4.78 is 1.07. The number of thiophene rings is 1. The number of carboxylic acids is 1. The number of hydrogen-bond acceptors (Lipinski definition) is 2. The van der Waals surface area contributed by atoms with Gasteiger partial charge in [-0.05, 0) is 29.4 Å². The predicted molar refractivity (Wildman–Crippen MR) is 67.3 cm³/mol. The van der Waals surface area contributed by atoms with Crippen LogP contribution in [0.15, 0.2) is 24.3 Å². The fourth-order valence-electron chi connectivity index (χ4n) is 1.88. The van der Waals surface area contributed by atoms with Crippen LogP contribution in [-0.2, 0) is 6.42 Å². The van der Waals surface area contributed by atoms with Gasteiger partial charge in [0.25, 0.3) is 0 Å². The Balaban J connectivity index is 2.64. The molecule has 0 spiro atoms. The number of carbonyl (C=O) groups is 1. The molecule has 0 fully saturated rings. The van der Waals surface area contributed by atoms with Crippen molar-refractivity contribution in [3.8, 4) is 0 Å². The monoisotopic (exact) mass is 234 g/mol. The topological polar surface area (TPSA) is 37.3 Å². The second-order valence-electron chi connectivity index (χ2n) is 4.31. The Morgan fingerprint density at radius 3 is 2.69 bits per heavy atom. The lowest BCUT2D eigenvalue weighted by Crippen LogP contribution is -2.01. The zero-order valence-corrected chi connectivity index (χ0v) is 10.2. The van der Waals surface area contributed by atoms with Gasteiger partial charge in [-0.1, -0.05) is 32.0 Å². The number of aromatic carboxylic acids is 1. The summed E-state index contributed by atoms with van der Waals surface area (Å²) in [5, 5.41) is 10.3. The van der Waals surface area contributed by atoms with Crippen LogP contribution in [0.2, 0.25) is 0 Å². The van der Waals surface area contributed by atoms with E-state index in [1.807, 2.05) is 24.3 Å². The lowest BCUT2D eigenvalue weighted by Gasteiger charge is -2.04. The quantitative estimate of drug-likeness (QED) is 0.877. The van der Waals surface area contributed by atoms with Gasteiger partial charge < -0.3 is 5.11 Å². The molecular formula is C13H14O2S. The molecule has 0 radical (unpaired) electrons. The minimum atomic E-state index is -0.808. The Bertz CT molecular complexity index is 526. The second kappa shape index (κ2) is 4.26. The molecule has 1 N–H and O–H groups in total. The zero-order chi connectivity index (χ0) is 11.7. The van der Waals surface area contributed by atoms with E-state index in [1.165, 1.54) is 11.3 Å². The maximum atomic E-state index is 11.2. The van der Waals surface area contributed by atoms with Gasteiger partial charge in [0.15, 0.2) is 0 Å². The van der Waals surface area contributed by atoms with Gasteiger partial charge in [-0.25, -0.2) is 4.79 Å². The van der Waals surface area contributed by atoms with Crippen LogP contribution in [0.1, 0.15) is 29.1 Å². The highest BCUT2D eigenvalue weighted by Crippen LogP contribution is 2.32. The van der Waals surface area contributed by atoms with Crippen molar-refractivity contribution in [3.63, 3.8) is 0 Å². The predicted octanol–water partition coefficient (Wildman–Crippen LogP) is 3.80. The Labute approximate surface area is 98.5 Å². The van der Waals surface area contributed by atoms with Gasteiger partial charge in [-0.15, -0.1) is 11.3 Å². The van der Waals surface area contributed by atoms with Crippen molar-refractivity contribution in [1.82, 2.24) is 0 Å². The fourth-order valence-corrected chi connectivity index (χ4v) is 2.95. The molecule has 0 aliphatic carbocycles. The summed E-state index contributed by atoms with van der Waals surface area (Å²) in [4.78, 5) is 11.7. The highest BCUT2D eigenvalue weighted by molar-refractivity contribution is 7.21. The van der Waals surface area contributed by atoms with Crippen LogP contribution in [0, 0.1) is 5.92 Å². The van der Waals surface area contributed by atoms with Gasteiger partial charge >= 0.3 is 5.97 Å². The molecule has 0 saturated heterocycles. The minimum Gasteiger partial charge on any atom is -0.477 e. The van der Waals surface area contributed by atoms with Crippen molar-refractivity contribution < 1.29 is 9.90 Å². The van der Waals surface area contributed by atoms with Crippen molar-refractivity contribution in [3.05, 3.63) is 34.7 Å². The van der Waals surface area contributed by atoms with Crippen molar-refractivity contribution in [2.75, 3.05) is 0 Å². The van der Waals surface area contributed by atoms with Gasteiger partial charge in [-0.2, -0.15) is 0 Å². The Hall–Kier alpha value is -1.35. The molecule has 84 valence electrons. The summed E-state index contributed by atoms with van der Waals surface area (Å²) in [6.07, 6.45) is 0.825. The molecular weight excluding hydrogens is 220 g/mol. The highest BCUT2D eigenvalue weighted by Gasteiger charge is 2.17. The number of fused-ring (bicyclic) bond motifs is 1. The molecule has 0 aliphatic rings. The van der Waals surface area contributed by atoms with Crippen LogP contribution in [0.4, 0.5) is 0 Å². The molecule has 3 heteroatoms. The van der Waals surface area contributed by atoms with E-state index in [4.69, 9.17) is 0 Å². The minimum absolute atomic E-state index is 0.469. The van der Waals surface area contributed by atoms with E-state index >= 15 is 0 Å². The van der Waals surface area contributed by atoms with E-state index in [-0.39, 0.29) is 0 Å². The van der Waals surface area contributed by atoms with Crippen LogP contribution >= 0.6 is 11.3 Å². The first-order chi connectivity index (χ1) is 7.59. The standard InChI is InChI=1S/C13H14O2S/c1-8(2)7-10-9-5-3-4-6-11(9)16-12(10)13(14)15/h3-6,8H,7H2,1-2H3,(H,14,15). The lowest BCUT2D eigenvalue weighted by atomic mass is 10.00. The van der Waals surface area contributed by atoms with Crippen molar-refractivity contribution in [2.24, 2.45) is 5.92 Å². The number of rotatable bonds is 3. The third-order valence-electron chi connectivity index (χ3n) is 2.50. The third kappa shape index (κ3) is 1.95. The first-order valence-corrected chi connectivity index (χ1v) is 6.15. The van der Waals surface area contributed by atoms with E-state index in [9.17, 15) is 9.90 Å². The first-order valence-electron chi connectivity index (χ1n) is 5.33. The summed E-state index contributed by atoms with van der Waals surface area (Å²) in [6, 6.07) is 7.90. The maximum Gasteiger partial charge on any atom is 0.346 e. The van der Waals surface area contributed by atoms with Crippen molar-refractivity contribution in [2.45, 2.75) is 20.3 Å². The molecule has 2 aromatic rings. The second-order valence-corrected chi connectivity index (χ2v) is 5.36. The van der Waals surface area contributed by atoms with Crippen LogP contribution < -0.4 is 0 Å². The summed E-state index contributed by atoms with van der Waals surface area (Å²) in [5.41, 5.74) is 0.989. The molecule has 1 aromatic carbocycles. The molecule has 0 aliphatic heterocycles. The molecule has 16 heavy (non-hydrogen) atoms. The molecule has 0 amide bonds. The average Bonchev–Trinajstić information content (AvgIpc) is 2.57. The normalized spacial score (nSPS) is 11.2. The zero-order valence-electron chi connectivity index (χ0n) is 9.36. The summed E-state index contributed by atoms with van der Waals surface area (Å²) in [7, 11) is 0. The molecule has 0 bridgehead atoms. The highest BCUT2D eigenvalue weighted by atomic mass is 32.1. The lowest BCUT2D eigenvalue weighted by molar-refractivity contribution is 0.0701. The van der Waals surface area contributed by atoms with Crippen molar-refractivity contribution in [1.29, 1.82) is 0 Å². The third-order valence-corrected chi connectivity index (χ3v) is 3.71. The number of hydrogen-bond donors (Lipinski definition) is 1. The smallest absolute Gasteiger partial charge is 0.346 e. The fraction of sp³-hybridized carbons (Fsp3) is 0.308. The van der Waals surface area contributed by atoms with Gasteiger partial charge in [0.2, 0.25) is 0 Å². The molecule has 2 nitrogen and oxygen atoms in total. The van der Waals surface area contributed by atoms with Crippen LogP contribution in [0.5, 0.6) is 0 Å².